The fourth-order valence-corrected chi connectivity index (χ4v) is 4.84. The summed E-state index contributed by atoms with van der Waals surface area (Å²) in [6, 6.07) is 17.5. The molecule has 0 aliphatic heterocycles. The van der Waals surface area contributed by atoms with Gasteiger partial charge in [-0.05, 0) is 63.6 Å². The van der Waals surface area contributed by atoms with Crippen molar-refractivity contribution in [1.82, 2.24) is 20.0 Å². The molecule has 0 atom stereocenters. The van der Waals surface area contributed by atoms with Crippen LogP contribution < -0.4 is 5.32 Å². The van der Waals surface area contributed by atoms with Gasteiger partial charge < -0.3 is 10.2 Å². The SMILES string of the molecule is Cc1nn(-c2ccccc2)c2sc(C(=O)N(CC(=O)NC(C)(C)C)Cc3ccc(F)cc3)cc12. The summed E-state index contributed by atoms with van der Waals surface area (Å²) in [6.45, 7) is 7.67. The summed E-state index contributed by atoms with van der Waals surface area (Å²) in [7, 11) is 0. The van der Waals surface area contributed by atoms with E-state index in [9.17, 15) is 14.0 Å². The largest absolute Gasteiger partial charge is 0.350 e. The third kappa shape index (κ3) is 5.34. The maximum atomic E-state index is 13.6. The normalized spacial score (nSPS) is 11.6. The summed E-state index contributed by atoms with van der Waals surface area (Å²) < 4.78 is 15.2. The molecule has 0 fully saturated rings. The van der Waals surface area contributed by atoms with Gasteiger partial charge in [-0.3, -0.25) is 9.59 Å². The van der Waals surface area contributed by atoms with Crippen molar-refractivity contribution in [2.75, 3.05) is 6.54 Å². The van der Waals surface area contributed by atoms with Gasteiger partial charge in [-0.25, -0.2) is 9.07 Å². The number of benzene rings is 2. The molecule has 34 heavy (non-hydrogen) atoms. The third-order valence-electron chi connectivity index (χ3n) is 5.18. The van der Waals surface area contributed by atoms with E-state index in [0.717, 1.165) is 27.2 Å². The number of rotatable bonds is 6. The molecule has 0 radical (unpaired) electrons. The second-order valence-electron chi connectivity index (χ2n) is 9.25. The third-order valence-corrected chi connectivity index (χ3v) is 6.28. The maximum Gasteiger partial charge on any atom is 0.264 e. The second-order valence-corrected chi connectivity index (χ2v) is 10.3. The van der Waals surface area contributed by atoms with Gasteiger partial charge >= 0.3 is 0 Å². The van der Waals surface area contributed by atoms with Crippen LogP contribution in [0, 0.1) is 12.7 Å². The van der Waals surface area contributed by atoms with E-state index in [1.54, 1.807) is 12.1 Å². The minimum absolute atomic E-state index is 0.106. The number of aryl methyl sites for hydroxylation is 1. The first-order chi connectivity index (χ1) is 16.1. The molecule has 0 aliphatic carbocycles. The van der Waals surface area contributed by atoms with Gasteiger partial charge in [-0.15, -0.1) is 11.3 Å². The van der Waals surface area contributed by atoms with Crippen LogP contribution in [0.4, 0.5) is 4.39 Å². The number of fused-ring (bicyclic) bond motifs is 1. The Bertz CT molecular complexity index is 1320. The van der Waals surface area contributed by atoms with Crippen LogP contribution in [0.25, 0.3) is 15.9 Å². The van der Waals surface area contributed by atoms with E-state index in [4.69, 9.17) is 0 Å². The zero-order valence-corrected chi connectivity index (χ0v) is 20.4. The van der Waals surface area contributed by atoms with Crippen molar-refractivity contribution in [1.29, 1.82) is 0 Å². The lowest BCUT2D eigenvalue weighted by atomic mass is 10.1. The van der Waals surface area contributed by atoms with Crippen molar-refractivity contribution in [2.45, 2.75) is 39.8 Å². The first-order valence-electron chi connectivity index (χ1n) is 11.0. The predicted molar refractivity (Wildman–Crippen MR) is 133 cm³/mol. The van der Waals surface area contributed by atoms with Crippen LogP contribution in [0.2, 0.25) is 0 Å². The van der Waals surface area contributed by atoms with Crippen LogP contribution in [0.5, 0.6) is 0 Å². The van der Waals surface area contributed by atoms with Crippen molar-refractivity contribution in [3.63, 3.8) is 0 Å². The lowest BCUT2D eigenvalue weighted by Crippen LogP contribution is -2.47. The molecule has 0 bridgehead atoms. The Labute approximate surface area is 202 Å². The second kappa shape index (κ2) is 9.38. The molecule has 176 valence electrons. The topological polar surface area (TPSA) is 67.2 Å². The number of carbonyl (C=O) groups excluding carboxylic acids is 2. The van der Waals surface area contributed by atoms with Crippen LogP contribution in [0.1, 0.15) is 41.7 Å². The van der Waals surface area contributed by atoms with Crippen molar-refractivity contribution < 1.29 is 14.0 Å². The molecular formula is C26H27FN4O2S. The first-order valence-corrected chi connectivity index (χ1v) is 11.8. The summed E-state index contributed by atoms with van der Waals surface area (Å²) >= 11 is 1.35. The number of nitrogens with zero attached hydrogens (tertiary/aromatic N) is 3. The Morgan fingerprint density at radius 3 is 2.41 bits per heavy atom. The van der Waals surface area contributed by atoms with E-state index in [1.807, 2.05) is 68.8 Å². The van der Waals surface area contributed by atoms with Crippen molar-refractivity contribution in [3.05, 3.63) is 82.6 Å². The highest BCUT2D eigenvalue weighted by Gasteiger charge is 2.25. The monoisotopic (exact) mass is 478 g/mol. The molecule has 4 aromatic rings. The van der Waals surface area contributed by atoms with E-state index < -0.39 is 5.54 Å². The highest BCUT2D eigenvalue weighted by atomic mass is 32.1. The van der Waals surface area contributed by atoms with Gasteiger partial charge in [0.2, 0.25) is 5.91 Å². The summed E-state index contributed by atoms with van der Waals surface area (Å²) in [6.07, 6.45) is 0. The quantitative estimate of drug-likeness (QED) is 0.420. The molecular weight excluding hydrogens is 451 g/mol. The van der Waals surface area contributed by atoms with Gasteiger partial charge in [-0.2, -0.15) is 5.10 Å². The summed E-state index contributed by atoms with van der Waals surface area (Å²) in [5.74, 6) is -0.859. The van der Waals surface area contributed by atoms with E-state index in [-0.39, 0.29) is 30.7 Å². The number of para-hydroxylation sites is 1. The molecule has 4 rings (SSSR count). The molecule has 2 amide bonds. The van der Waals surface area contributed by atoms with Gasteiger partial charge in [0.25, 0.3) is 5.91 Å². The molecule has 8 heteroatoms. The number of hydrogen-bond acceptors (Lipinski definition) is 4. The Balaban J connectivity index is 1.67. The number of hydrogen-bond donors (Lipinski definition) is 1. The molecule has 0 aliphatic rings. The zero-order valence-electron chi connectivity index (χ0n) is 19.6. The number of thiophene rings is 1. The van der Waals surface area contributed by atoms with Crippen molar-refractivity contribution in [3.8, 4) is 5.69 Å². The van der Waals surface area contributed by atoms with E-state index >= 15 is 0 Å². The molecule has 0 spiro atoms. The number of aromatic nitrogens is 2. The predicted octanol–water partition coefficient (Wildman–Crippen LogP) is 5.09. The average Bonchev–Trinajstić information content (AvgIpc) is 3.34. The molecule has 0 unspecified atom stereocenters. The first kappa shape index (κ1) is 23.6. The molecule has 0 saturated heterocycles. The van der Waals surface area contributed by atoms with Gasteiger partial charge in [0.1, 0.15) is 17.2 Å². The van der Waals surface area contributed by atoms with E-state index in [1.165, 1.54) is 28.4 Å². The Kier molecular flexibility index (Phi) is 6.52. The van der Waals surface area contributed by atoms with Crippen LogP contribution in [-0.4, -0.2) is 38.6 Å². The molecule has 6 nitrogen and oxygen atoms in total. The Morgan fingerprint density at radius 2 is 1.76 bits per heavy atom. The lowest BCUT2D eigenvalue weighted by molar-refractivity contribution is -0.123. The van der Waals surface area contributed by atoms with Gasteiger partial charge in [0.05, 0.1) is 16.3 Å². The number of carbonyl (C=O) groups is 2. The molecule has 2 heterocycles. The van der Waals surface area contributed by atoms with Crippen molar-refractivity contribution in [2.24, 2.45) is 0 Å². The fraction of sp³-hybridized carbons (Fsp3) is 0.269. The van der Waals surface area contributed by atoms with Crippen LogP contribution in [0.15, 0.2) is 60.7 Å². The standard InChI is InChI=1S/C26H27FN4O2S/c1-17-21-14-22(34-25(21)31(29-17)20-8-6-5-7-9-20)24(33)30(16-23(32)28-26(2,3)4)15-18-10-12-19(27)13-11-18/h5-14H,15-16H2,1-4H3,(H,28,32). The smallest absolute Gasteiger partial charge is 0.264 e. The Morgan fingerprint density at radius 1 is 1.09 bits per heavy atom. The van der Waals surface area contributed by atoms with E-state index in [2.05, 4.69) is 10.4 Å². The van der Waals surface area contributed by atoms with Crippen molar-refractivity contribution >= 4 is 33.4 Å². The van der Waals surface area contributed by atoms with Gasteiger partial charge in [-0.1, -0.05) is 30.3 Å². The number of halogens is 1. The molecule has 2 aromatic heterocycles. The van der Waals surface area contributed by atoms with Crippen LogP contribution in [-0.2, 0) is 11.3 Å². The molecule has 2 aromatic carbocycles. The fourth-order valence-electron chi connectivity index (χ4n) is 3.69. The van der Waals surface area contributed by atoms with E-state index in [0.29, 0.717) is 4.88 Å². The summed E-state index contributed by atoms with van der Waals surface area (Å²) in [5.41, 5.74) is 2.06. The van der Waals surface area contributed by atoms with Gasteiger partial charge in [0, 0.05) is 17.5 Å². The highest BCUT2D eigenvalue weighted by Crippen LogP contribution is 2.31. The minimum Gasteiger partial charge on any atom is -0.350 e. The van der Waals surface area contributed by atoms with Crippen LogP contribution >= 0.6 is 11.3 Å². The summed E-state index contributed by atoms with van der Waals surface area (Å²) in [5, 5.41) is 8.44. The minimum atomic E-state index is -0.421. The number of nitrogens with one attached hydrogen (secondary N) is 1. The Hall–Kier alpha value is -3.52. The zero-order chi connectivity index (χ0) is 24.5. The molecule has 0 saturated carbocycles. The van der Waals surface area contributed by atoms with Crippen LogP contribution in [0.3, 0.4) is 0 Å². The number of amides is 2. The highest BCUT2D eigenvalue weighted by molar-refractivity contribution is 7.20. The maximum absolute atomic E-state index is 13.6. The average molecular weight is 479 g/mol. The lowest BCUT2D eigenvalue weighted by Gasteiger charge is -2.25. The molecule has 1 N–H and O–H groups in total. The van der Waals surface area contributed by atoms with Gasteiger partial charge in [0.15, 0.2) is 0 Å². The summed E-state index contributed by atoms with van der Waals surface area (Å²) in [4.78, 5) is 29.2.